The maximum atomic E-state index is 14.9. The van der Waals surface area contributed by atoms with E-state index in [1.54, 1.807) is 30.3 Å². The van der Waals surface area contributed by atoms with Gasteiger partial charge in [-0.05, 0) is 30.7 Å². The highest BCUT2D eigenvalue weighted by Crippen LogP contribution is 2.42. The number of amides is 1. The highest BCUT2D eigenvalue weighted by molar-refractivity contribution is 6.46. The third kappa shape index (κ3) is 4.12. The summed E-state index contributed by atoms with van der Waals surface area (Å²) >= 11 is 0. The fraction of sp³-hybridized carbons (Fsp3) is 0.360. The number of ether oxygens (including phenoxy) is 3. The number of aliphatic hydroxyl groups excluding tert-OH is 1. The van der Waals surface area contributed by atoms with E-state index in [0.717, 1.165) is 19.6 Å². The molecular formula is C25H25FN2O6. The summed E-state index contributed by atoms with van der Waals surface area (Å²) in [6, 6.07) is 9.71. The number of hydrogen-bond donors (Lipinski definition) is 1. The van der Waals surface area contributed by atoms with Crippen LogP contribution in [-0.2, 0) is 14.3 Å². The maximum Gasteiger partial charge on any atom is 0.295 e. The Hall–Kier alpha value is -3.43. The molecule has 0 bridgehead atoms. The molecule has 8 nitrogen and oxygen atoms in total. The number of rotatable bonds is 6. The lowest BCUT2D eigenvalue weighted by molar-refractivity contribution is -0.140. The maximum absolute atomic E-state index is 14.9. The molecule has 0 saturated carbocycles. The van der Waals surface area contributed by atoms with Crippen molar-refractivity contribution in [3.8, 4) is 11.5 Å². The Bertz CT molecular complexity index is 1140. The van der Waals surface area contributed by atoms with Gasteiger partial charge in [0.05, 0.1) is 24.8 Å². The number of ketones is 1. The molecule has 0 radical (unpaired) electrons. The molecule has 3 aliphatic heterocycles. The molecule has 3 aliphatic rings. The van der Waals surface area contributed by atoms with Crippen molar-refractivity contribution in [2.75, 3.05) is 46.2 Å². The van der Waals surface area contributed by atoms with E-state index in [9.17, 15) is 19.1 Å². The lowest BCUT2D eigenvalue weighted by Gasteiger charge is -2.29. The summed E-state index contributed by atoms with van der Waals surface area (Å²) in [5.74, 6) is -1.57. The van der Waals surface area contributed by atoms with Crippen molar-refractivity contribution in [1.29, 1.82) is 0 Å². The van der Waals surface area contributed by atoms with Crippen molar-refractivity contribution >= 4 is 17.4 Å². The quantitative estimate of drug-likeness (QED) is 0.396. The Kier molecular flexibility index (Phi) is 6.21. The van der Waals surface area contributed by atoms with Gasteiger partial charge in [-0.15, -0.1) is 0 Å². The van der Waals surface area contributed by atoms with Gasteiger partial charge in [-0.25, -0.2) is 4.39 Å². The van der Waals surface area contributed by atoms with E-state index in [2.05, 4.69) is 4.90 Å². The Morgan fingerprint density at radius 3 is 2.59 bits per heavy atom. The van der Waals surface area contributed by atoms with Gasteiger partial charge >= 0.3 is 0 Å². The third-order valence-electron chi connectivity index (χ3n) is 6.36. The number of likely N-dealkylation sites (tertiary alicyclic amines) is 1. The lowest BCUT2D eigenvalue weighted by Crippen LogP contribution is -2.39. The first-order valence-corrected chi connectivity index (χ1v) is 11.3. The van der Waals surface area contributed by atoms with Crippen molar-refractivity contribution in [2.45, 2.75) is 12.5 Å². The summed E-state index contributed by atoms with van der Waals surface area (Å²) in [4.78, 5) is 29.7. The lowest BCUT2D eigenvalue weighted by atomic mass is 9.94. The molecule has 9 heteroatoms. The Balaban J connectivity index is 1.49. The molecule has 0 aromatic heterocycles. The van der Waals surface area contributed by atoms with E-state index in [-0.39, 0.29) is 35.8 Å². The molecule has 3 heterocycles. The Morgan fingerprint density at radius 1 is 1.03 bits per heavy atom. The standard InChI is InChI=1S/C25H25FN2O6/c26-18-5-2-1-4-17(18)22-21(23(29)16-6-7-19-20(14-16)34-15-33-19)24(30)25(31)28(22)9-3-8-27-10-12-32-13-11-27/h1-2,4-7,14,22,29H,3,8-13,15H2/t22-/m1/s1. The van der Waals surface area contributed by atoms with E-state index in [1.807, 2.05) is 0 Å². The Morgan fingerprint density at radius 2 is 1.79 bits per heavy atom. The van der Waals surface area contributed by atoms with Crippen LogP contribution in [0.2, 0.25) is 0 Å². The molecule has 178 valence electrons. The van der Waals surface area contributed by atoms with Gasteiger partial charge in [0.25, 0.3) is 11.7 Å². The van der Waals surface area contributed by atoms with Crippen molar-refractivity contribution in [3.05, 3.63) is 65.0 Å². The number of aliphatic hydroxyl groups is 1. The molecule has 2 fully saturated rings. The first kappa shape index (κ1) is 22.4. The van der Waals surface area contributed by atoms with Crippen LogP contribution in [0.4, 0.5) is 4.39 Å². The van der Waals surface area contributed by atoms with Crippen LogP contribution in [0, 0.1) is 5.82 Å². The number of Topliss-reactive ketones (excluding diaryl/α,β-unsaturated/α-hetero) is 1. The van der Waals surface area contributed by atoms with Crippen LogP contribution in [0.5, 0.6) is 11.5 Å². The zero-order valence-electron chi connectivity index (χ0n) is 18.5. The number of carbonyl (C=O) groups excluding carboxylic acids is 2. The molecule has 1 atom stereocenters. The minimum atomic E-state index is -1.03. The van der Waals surface area contributed by atoms with Crippen molar-refractivity contribution in [1.82, 2.24) is 9.80 Å². The number of hydrogen-bond acceptors (Lipinski definition) is 7. The minimum Gasteiger partial charge on any atom is -0.507 e. The topological polar surface area (TPSA) is 88.5 Å². The number of halogens is 1. The number of fused-ring (bicyclic) bond motifs is 1. The van der Waals surface area contributed by atoms with E-state index in [0.29, 0.717) is 31.1 Å². The van der Waals surface area contributed by atoms with Gasteiger partial charge in [0.2, 0.25) is 6.79 Å². The van der Waals surface area contributed by atoms with Crippen LogP contribution in [0.1, 0.15) is 23.6 Å². The number of morpholine rings is 1. The minimum absolute atomic E-state index is 0.0578. The number of benzene rings is 2. The molecule has 0 unspecified atom stereocenters. The van der Waals surface area contributed by atoms with Crippen LogP contribution in [0.3, 0.4) is 0 Å². The van der Waals surface area contributed by atoms with Gasteiger partial charge in [-0.1, -0.05) is 18.2 Å². The van der Waals surface area contributed by atoms with Crippen LogP contribution < -0.4 is 9.47 Å². The van der Waals surface area contributed by atoms with Crippen LogP contribution in [-0.4, -0.2) is 72.8 Å². The Labute approximate surface area is 196 Å². The van der Waals surface area contributed by atoms with Crippen molar-refractivity contribution in [2.24, 2.45) is 0 Å². The van der Waals surface area contributed by atoms with Gasteiger partial charge in [0.1, 0.15) is 11.6 Å². The SMILES string of the molecule is O=C1C(=O)N(CCCN2CCOCC2)[C@H](c2ccccc2F)C1=C(O)c1ccc2c(c1)OCO2. The summed E-state index contributed by atoms with van der Waals surface area (Å²) < 4.78 is 30.9. The predicted octanol–water partition coefficient (Wildman–Crippen LogP) is 2.70. The first-order chi connectivity index (χ1) is 16.5. The number of carbonyl (C=O) groups is 2. The van der Waals surface area contributed by atoms with Crippen molar-refractivity contribution in [3.63, 3.8) is 0 Å². The average Bonchev–Trinajstić information content (AvgIpc) is 3.42. The molecule has 0 aliphatic carbocycles. The highest BCUT2D eigenvalue weighted by Gasteiger charge is 2.46. The molecule has 1 N–H and O–H groups in total. The molecule has 5 rings (SSSR count). The van der Waals surface area contributed by atoms with Gasteiger partial charge in [0, 0.05) is 37.3 Å². The van der Waals surface area contributed by atoms with Crippen LogP contribution in [0.25, 0.3) is 5.76 Å². The summed E-state index contributed by atoms with van der Waals surface area (Å²) in [5, 5.41) is 11.1. The summed E-state index contributed by atoms with van der Waals surface area (Å²) in [5.41, 5.74) is 0.313. The van der Waals surface area contributed by atoms with Gasteiger partial charge < -0.3 is 24.2 Å². The highest BCUT2D eigenvalue weighted by atomic mass is 19.1. The second-order valence-corrected chi connectivity index (χ2v) is 8.39. The van der Waals surface area contributed by atoms with Crippen LogP contribution in [0.15, 0.2) is 48.0 Å². The summed E-state index contributed by atoms with van der Waals surface area (Å²) in [6.07, 6.45) is 0.599. The van der Waals surface area contributed by atoms with Gasteiger partial charge in [-0.2, -0.15) is 0 Å². The zero-order valence-corrected chi connectivity index (χ0v) is 18.5. The van der Waals surface area contributed by atoms with E-state index in [4.69, 9.17) is 14.2 Å². The monoisotopic (exact) mass is 468 g/mol. The van der Waals surface area contributed by atoms with Gasteiger partial charge in [0.15, 0.2) is 11.5 Å². The molecule has 2 aromatic carbocycles. The zero-order chi connectivity index (χ0) is 23.7. The summed E-state index contributed by atoms with van der Waals surface area (Å²) in [6.45, 7) is 3.96. The molecule has 34 heavy (non-hydrogen) atoms. The largest absolute Gasteiger partial charge is 0.507 e. The van der Waals surface area contributed by atoms with Crippen LogP contribution >= 0.6 is 0 Å². The molecule has 2 saturated heterocycles. The molecule has 0 spiro atoms. The smallest absolute Gasteiger partial charge is 0.295 e. The fourth-order valence-electron chi connectivity index (χ4n) is 4.62. The second kappa shape index (κ2) is 9.44. The normalized spacial score (nSPS) is 21.9. The van der Waals surface area contributed by atoms with E-state index in [1.165, 1.54) is 17.0 Å². The van der Waals surface area contributed by atoms with E-state index < -0.39 is 23.5 Å². The predicted molar refractivity (Wildman–Crippen MR) is 120 cm³/mol. The molecular weight excluding hydrogens is 443 g/mol. The second-order valence-electron chi connectivity index (χ2n) is 8.39. The summed E-state index contributed by atoms with van der Waals surface area (Å²) in [7, 11) is 0. The fourth-order valence-corrected chi connectivity index (χ4v) is 4.62. The number of nitrogens with zero attached hydrogens (tertiary/aromatic N) is 2. The third-order valence-corrected chi connectivity index (χ3v) is 6.36. The first-order valence-electron chi connectivity index (χ1n) is 11.3. The average molecular weight is 468 g/mol. The van der Waals surface area contributed by atoms with E-state index >= 15 is 0 Å². The van der Waals surface area contributed by atoms with Crippen molar-refractivity contribution < 1.29 is 33.3 Å². The molecule has 1 amide bonds. The van der Waals surface area contributed by atoms with Gasteiger partial charge in [-0.3, -0.25) is 14.5 Å². The molecule has 2 aromatic rings.